The maximum Gasteiger partial charge on any atom is 0.460 e. The summed E-state index contributed by atoms with van der Waals surface area (Å²) in [6.45, 7) is 1.57. The van der Waals surface area contributed by atoms with Crippen molar-refractivity contribution in [2.45, 2.75) is 75.7 Å². The normalized spacial score (nSPS) is 22.4. The number of ketones is 1. The maximum absolute atomic E-state index is 14.8. The molecule has 5 atom stereocenters. The highest BCUT2D eigenvalue weighted by Crippen LogP contribution is 2.50. The molecule has 0 aromatic carbocycles. The Balaban J connectivity index is 4.17. The summed E-state index contributed by atoms with van der Waals surface area (Å²) in [5.74, 6) is -25.3. The second-order valence-corrected chi connectivity index (χ2v) is 8.52. The van der Waals surface area contributed by atoms with Crippen molar-refractivity contribution < 1.29 is 87.9 Å². The van der Waals surface area contributed by atoms with E-state index in [9.17, 15) is 59.5 Å². The molecule has 0 radical (unpaired) electrons. The third kappa shape index (κ3) is 7.45. The Bertz CT molecular complexity index is 1140. The van der Waals surface area contributed by atoms with Crippen molar-refractivity contribution in [3.05, 3.63) is 11.8 Å². The van der Waals surface area contributed by atoms with Crippen LogP contribution in [0.3, 0.4) is 0 Å². The van der Waals surface area contributed by atoms with Crippen molar-refractivity contribution in [3.8, 4) is 0 Å². The van der Waals surface area contributed by atoms with E-state index in [0.29, 0.717) is 20.8 Å². The van der Waals surface area contributed by atoms with Crippen molar-refractivity contribution in [2.24, 2.45) is 5.73 Å². The van der Waals surface area contributed by atoms with Crippen molar-refractivity contribution >= 4 is 35.6 Å². The van der Waals surface area contributed by atoms with Crippen LogP contribution in [0, 0.1) is 0 Å². The zero-order valence-electron chi connectivity index (χ0n) is 22.2. The summed E-state index contributed by atoms with van der Waals surface area (Å²) in [6, 6.07) is 0. The minimum atomic E-state index is -7.11. The molecule has 20 heteroatoms. The number of halogens is 7. The summed E-state index contributed by atoms with van der Waals surface area (Å²) in [7, 11) is 0.724. The number of alkyl halides is 7. The molecule has 0 saturated heterocycles. The maximum atomic E-state index is 14.8. The summed E-state index contributed by atoms with van der Waals surface area (Å²) in [5, 5.41) is 0. The molecule has 13 nitrogen and oxygen atoms in total. The van der Waals surface area contributed by atoms with Gasteiger partial charge in [-0.3, -0.25) is 24.0 Å². The average Bonchev–Trinajstić information content (AvgIpc) is 2.83. The SMILES string of the molecule is COC(=O)C1=C[C@H](OC(C)=O)[C@](N)(C(=O)C(F)(F)C(F)(F)C(F)(F)F)[C@H]([C@H](OC(C)=O)[C@@H](COC(C)=O)OC(C)=O)O1. The Morgan fingerprint density at radius 1 is 0.905 bits per heavy atom. The van der Waals surface area contributed by atoms with Gasteiger partial charge in [0.2, 0.25) is 11.5 Å². The van der Waals surface area contributed by atoms with Gasteiger partial charge in [-0.05, 0) is 0 Å². The van der Waals surface area contributed by atoms with Gasteiger partial charge in [-0.15, -0.1) is 0 Å². The quantitative estimate of drug-likeness (QED) is 0.194. The first-order chi connectivity index (χ1) is 18.9. The van der Waals surface area contributed by atoms with Crippen LogP contribution in [0.4, 0.5) is 30.7 Å². The van der Waals surface area contributed by atoms with Gasteiger partial charge in [0.1, 0.15) is 6.61 Å². The highest BCUT2D eigenvalue weighted by atomic mass is 19.4. The first-order valence-corrected chi connectivity index (χ1v) is 11.2. The smallest absolute Gasteiger partial charge is 0.460 e. The number of Topliss-reactive ketones (excluding diaryl/α,β-unsaturated/α-hetero) is 1. The van der Waals surface area contributed by atoms with Crippen LogP contribution in [0.25, 0.3) is 0 Å². The second kappa shape index (κ2) is 12.9. The van der Waals surface area contributed by atoms with E-state index in [2.05, 4.69) is 14.2 Å². The molecule has 1 aliphatic heterocycles. The Hall–Kier alpha value is -3.97. The van der Waals surface area contributed by atoms with Gasteiger partial charge in [0.15, 0.2) is 30.0 Å². The van der Waals surface area contributed by atoms with E-state index in [1.165, 1.54) is 0 Å². The zero-order valence-corrected chi connectivity index (χ0v) is 22.2. The van der Waals surface area contributed by atoms with Gasteiger partial charge in [-0.2, -0.15) is 30.7 Å². The highest BCUT2D eigenvalue weighted by molar-refractivity contribution is 5.98. The lowest BCUT2D eigenvalue weighted by Gasteiger charge is -2.47. The van der Waals surface area contributed by atoms with E-state index in [1.54, 1.807) is 0 Å². The molecule has 0 spiro atoms. The monoisotopic (exact) mass is 627 g/mol. The van der Waals surface area contributed by atoms with Gasteiger partial charge < -0.3 is 34.2 Å². The fraction of sp³-hybridized carbons (Fsp3) is 0.636. The van der Waals surface area contributed by atoms with Gasteiger partial charge in [-0.25, -0.2) is 4.79 Å². The fourth-order valence-corrected chi connectivity index (χ4v) is 3.56. The number of nitrogens with two attached hydrogens (primary N) is 1. The number of hydrogen-bond donors (Lipinski definition) is 1. The average molecular weight is 627 g/mol. The van der Waals surface area contributed by atoms with Crippen molar-refractivity contribution in [1.82, 2.24) is 0 Å². The molecule has 2 N–H and O–H groups in total. The minimum absolute atomic E-state index is 0.182. The van der Waals surface area contributed by atoms with Crippen LogP contribution in [-0.2, 0) is 57.2 Å². The van der Waals surface area contributed by atoms with Crippen LogP contribution in [0.15, 0.2) is 11.8 Å². The Kier molecular flexibility index (Phi) is 11.1. The van der Waals surface area contributed by atoms with Gasteiger partial charge in [0.05, 0.1) is 7.11 Å². The lowest BCUT2D eigenvalue weighted by molar-refractivity contribution is -0.345. The zero-order chi connectivity index (χ0) is 33.0. The van der Waals surface area contributed by atoms with Gasteiger partial charge in [0, 0.05) is 33.8 Å². The molecule has 0 saturated carbocycles. The van der Waals surface area contributed by atoms with Gasteiger partial charge >= 0.3 is 47.9 Å². The molecule has 1 heterocycles. The van der Waals surface area contributed by atoms with Crippen LogP contribution >= 0.6 is 0 Å². The van der Waals surface area contributed by atoms with Crippen LogP contribution in [0.2, 0.25) is 0 Å². The van der Waals surface area contributed by atoms with E-state index in [1.807, 2.05) is 0 Å². The Morgan fingerprint density at radius 2 is 1.43 bits per heavy atom. The van der Waals surface area contributed by atoms with Crippen LogP contribution in [0.5, 0.6) is 0 Å². The molecule has 0 bridgehead atoms. The molecule has 1 aliphatic rings. The molecule has 42 heavy (non-hydrogen) atoms. The van der Waals surface area contributed by atoms with E-state index in [-0.39, 0.29) is 6.08 Å². The van der Waals surface area contributed by atoms with Crippen LogP contribution < -0.4 is 5.73 Å². The predicted molar refractivity (Wildman–Crippen MR) is 116 cm³/mol. The largest absolute Gasteiger partial charge is 0.477 e. The van der Waals surface area contributed by atoms with Crippen molar-refractivity contribution in [3.63, 3.8) is 0 Å². The third-order valence-electron chi connectivity index (χ3n) is 5.34. The molecular formula is C22H24F7NO12. The standard InChI is InChI=1S/C22H24F7NO12/c1-8(31)38-7-13(39-9(2)32)15(41-11(4)34)16-19(30,18(36)20(23,24)21(25,26)22(27,28)29)14(40-10(3)33)6-12(42-16)17(35)37-5/h6,13-16H,7,30H2,1-5H3/t13-,14+,15-,16+,19-/m1/s1. The first kappa shape index (κ1) is 36.1. The number of ether oxygens (including phenoxy) is 6. The summed E-state index contributed by atoms with van der Waals surface area (Å²) >= 11 is 0. The van der Waals surface area contributed by atoms with E-state index in [0.717, 1.165) is 14.0 Å². The number of methoxy groups -OCH3 is 1. The summed E-state index contributed by atoms with van der Waals surface area (Å²) < 4.78 is 125. The summed E-state index contributed by atoms with van der Waals surface area (Å²) in [4.78, 5) is 72.2. The topological polar surface area (TPSA) is 184 Å². The second-order valence-electron chi connectivity index (χ2n) is 8.52. The Labute approximate surface area is 231 Å². The van der Waals surface area contributed by atoms with Gasteiger partial charge in [-0.1, -0.05) is 0 Å². The predicted octanol–water partition coefficient (Wildman–Crippen LogP) is 0.900. The lowest BCUT2D eigenvalue weighted by atomic mass is 9.74. The summed E-state index contributed by atoms with van der Waals surface area (Å²) in [5.41, 5.74) is 1.71. The molecular weight excluding hydrogens is 603 g/mol. The fourth-order valence-electron chi connectivity index (χ4n) is 3.56. The summed E-state index contributed by atoms with van der Waals surface area (Å²) in [6.07, 6.45) is -17.5. The van der Waals surface area contributed by atoms with Crippen molar-refractivity contribution in [1.29, 1.82) is 0 Å². The Morgan fingerprint density at radius 3 is 1.83 bits per heavy atom. The number of rotatable bonds is 11. The minimum Gasteiger partial charge on any atom is -0.477 e. The molecule has 0 aliphatic carbocycles. The molecule has 0 aromatic rings. The highest BCUT2D eigenvalue weighted by Gasteiger charge is 2.80. The van der Waals surface area contributed by atoms with E-state index < -0.39 is 96.0 Å². The molecule has 1 rings (SSSR count). The van der Waals surface area contributed by atoms with Crippen LogP contribution in [-0.4, -0.2) is 97.3 Å². The number of carbonyl (C=O) groups is 6. The molecule has 238 valence electrons. The third-order valence-corrected chi connectivity index (χ3v) is 5.34. The molecule has 0 aromatic heterocycles. The van der Waals surface area contributed by atoms with Gasteiger partial charge in [0.25, 0.3) is 0 Å². The van der Waals surface area contributed by atoms with Crippen molar-refractivity contribution in [2.75, 3.05) is 13.7 Å². The number of carbonyl (C=O) groups excluding carboxylic acids is 6. The number of hydrogen-bond acceptors (Lipinski definition) is 13. The van der Waals surface area contributed by atoms with E-state index in [4.69, 9.17) is 19.9 Å². The first-order valence-electron chi connectivity index (χ1n) is 11.2. The molecule has 0 amide bonds. The number of esters is 5. The van der Waals surface area contributed by atoms with Crippen LogP contribution in [0.1, 0.15) is 27.7 Å². The van der Waals surface area contributed by atoms with E-state index >= 15 is 0 Å². The molecule has 0 fully saturated rings. The molecule has 0 unspecified atom stereocenters. The lowest BCUT2D eigenvalue weighted by Crippen LogP contribution is -2.77.